The lowest BCUT2D eigenvalue weighted by Crippen LogP contribution is -1.98. The van der Waals surface area contributed by atoms with Gasteiger partial charge in [0.05, 0.1) is 4.92 Å². The maximum Gasteiger partial charge on any atom is 0.314 e. The maximum absolute atomic E-state index is 11.0. The number of aromatic nitrogens is 2. The second-order valence-corrected chi connectivity index (χ2v) is 4.24. The van der Waals surface area contributed by atoms with Crippen molar-refractivity contribution in [3.63, 3.8) is 0 Å². The largest absolute Gasteiger partial charge is 0.432 e. The summed E-state index contributed by atoms with van der Waals surface area (Å²) in [5.41, 5.74) is 0.425. The van der Waals surface area contributed by atoms with E-state index in [1.807, 2.05) is 0 Å². The maximum atomic E-state index is 11.0. The molecule has 0 aliphatic heterocycles. The molecule has 2 rings (SSSR count). The zero-order valence-electron chi connectivity index (χ0n) is 10.3. The third kappa shape index (κ3) is 2.97. The minimum atomic E-state index is -0.486. The van der Waals surface area contributed by atoms with Gasteiger partial charge in [-0.1, -0.05) is 23.7 Å². The van der Waals surface area contributed by atoms with Crippen molar-refractivity contribution < 1.29 is 9.66 Å². The first-order valence-electron chi connectivity index (χ1n) is 5.40. The summed E-state index contributed by atoms with van der Waals surface area (Å²) in [6.07, 6.45) is 0. The first-order valence-corrected chi connectivity index (χ1v) is 5.78. The zero-order valence-corrected chi connectivity index (χ0v) is 11.0. The second kappa shape index (κ2) is 5.19. The predicted octanol–water partition coefficient (Wildman–Crippen LogP) is 3.45. The Kier molecular flexibility index (Phi) is 3.62. The van der Waals surface area contributed by atoms with Gasteiger partial charge in [-0.15, -0.1) is 0 Å². The fourth-order valence-electron chi connectivity index (χ4n) is 1.62. The van der Waals surface area contributed by atoms with Crippen molar-refractivity contribution in [1.29, 1.82) is 0 Å². The number of aryl methyl sites for hydroxylation is 2. The van der Waals surface area contributed by atoms with Gasteiger partial charge in [-0.05, 0) is 19.9 Å². The number of nitrogens with zero attached hydrogens (tertiary/aromatic N) is 3. The molecule has 0 unspecified atom stereocenters. The highest BCUT2D eigenvalue weighted by Crippen LogP contribution is 2.33. The highest BCUT2D eigenvalue weighted by Gasteiger charge is 2.19. The summed E-state index contributed by atoms with van der Waals surface area (Å²) in [6.45, 7) is 3.30. The molecule has 0 radical (unpaired) electrons. The number of nitro benzene ring substituents is 1. The van der Waals surface area contributed by atoms with Crippen LogP contribution in [0.5, 0.6) is 11.6 Å². The minimum Gasteiger partial charge on any atom is -0.432 e. The fraction of sp³-hybridized carbons (Fsp3) is 0.167. The Morgan fingerprint density at radius 3 is 2.68 bits per heavy atom. The van der Waals surface area contributed by atoms with E-state index in [4.69, 9.17) is 16.3 Å². The average Bonchev–Trinajstić information content (AvgIpc) is 2.26. The van der Waals surface area contributed by atoms with Gasteiger partial charge in [0.1, 0.15) is 11.0 Å². The molecule has 1 aromatic carbocycles. The number of hydrogen-bond acceptors (Lipinski definition) is 5. The van der Waals surface area contributed by atoms with Gasteiger partial charge in [0.2, 0.25) is 11.6 Å². The molecule has 0 aliphatic rings. The van der Waals surface area contributed by atoms with Gasteiger partial charge in [0, 0.05) is 11.6 Å². The molecule has 0 N–H and O–H groups in total. The number of benzene rings is 1. The van der Waals surface area contributed by atoms with Crippen LogP contribution in [0.15, 0.2) is 24.3 Å². The van der Waals surface area contributed by atoms with E-state index in [1.165, 1.54) is 12.1 Å². The van der Waals surface area contributed by atoms with E-state index in [0.717, 1.165) is 0 Å². The molecule has 6 nitrogen and oxygen atoms in total. The number of halogens is 1. The van der Waals surface area contributed by atoms with E-state index in [2.05, 4.69) is 9.97 Å². The molecule has 0 saturated heterocycles. The molecule has 1 aromatic heterocycles. The van der Waals surface area contributed by atoms with Crippen molar-refractivity contribution in [2.24, 2.45) is 0 Å². The van der Waals surface area contributed by atoms with Crippen molar-refractivity contribution in [3.05, 3.63) is 50.9 Å². The van der Waals surface area contributed by atoms with E-state index in [1.54, 1.807) is 26.0 Å². The normalized spacial score (nSPS) is 10.3. The van der Waals surface area contributed by atoms with Crippen LogP contribution in [0.25, 0.3) is 0 Å². The molecule has 0 fully saturated rings. The van der Waals surface area contributed by atoms with Crippen LogP contribution in [0.2, 0.25) is 5.15 Å². The molecule has 7 heteroatoms. The number of rotatable bonds is 3. The number of para-hydroxylation sites is 1. The molecule has 0 spiro atoms. The van der Waals surface area contributed by atoms with Crippen molar-refractivity contribution in [3.8, 4) is 11.6 Å². The van der Waals surface area contributed by atoms with Gasteiger partial charge in [0.25, 0.3) is 0 Å². The Morgan fingerprint density at radius 1 is 1.32 bits per heavy atom. The SMILES string of the molecule is Cc1nc(Cl)cc(Oc2cccc(C)c2[N+](=O)[O-])n1. The summed E-state index contributed by atoms with van der Waals surface area (Å²) >= 11 is 5.78. The quantitative estimate of drug-likeness (QED) is 0.488. The van der Waals surface area contributed by atoms with Crippen LogP contribution in [-0.2, 0) is 0 Å². The lowest BCUT2D eigenvalue weighted by Gasteiger charge is -2.07. The van der Waals surface area contributed by atoms with E-state index in [0.29, 0.717) is 11.4 Å². The summed E-state index contributed by atoms with van der Waals surface area (Å²) in [4.78, 5) is 18.5. The first kappa shape index (κ1) is 13.2. The van der Waals surface area contributed by atoms with Crippen LogP contribution in [-0.4, -0.2) is 14.9 Å². The molecular formula is C12H10ClN3O3. The van der Waals surface area contributed by atoms with Crippen LogP contribution < -0.4 is 4.74 Å². The lowest BCUT2D eigenvalue weighted by molar-refractivity contribution is -0.386. The first-order chi connectivity index (χ1) is 8.97. The minimum absolute atomic E-state index is 0.0881. The molecule has 0 amide bonds. The van der Waals surface area contributed by atoms with Gasteiger partial charge in [-0.3, -0.25) is 10.1 Å². The molecule has 0 saturated carbocycles. The molecule has 0 atom stereocenters. The summed E-state index contributed by atoms with van der Waals surface area (Å²) < 4.78 is 5.44. The van der Waals surface area contributed by atoms with Gasteiger partial charge < -0.3 is 4.74 Å². The fourth-order valence-corrected chi connectivity index (χ4v) is 1.83. The van der Waals surface area contributed by atoms with Crippen molar-refractivity contribution in [2.45, 2.75) is 13.8 Å². The van der Waals surface area contributed by atoms with Crippen LogP contribution in [0.4, 0.5) is 5.69 Å². The van der Waals surface area contributed by atoms with E-state index in [-0.39, 0.29) is 22.5 Å². The molecule has 2 aromatic rings. The molecule has 98 valence electrons. The van der Waals surface area contributed by atoms with Gasteiger partial charge in [-0.2, -0.15) is 4.98 Å². The smallest absolute Gasteiger partial charge is 0.314 e. The Labute approximate surface area is 114 Å². The highest BCUT2D eigenvalue weighted by atomic mass is 35.5. The lowest BCUT2D eigenvalue weighted by atomic mass is 10.2. The predicted molar refractivity (Wildman–Crippen MR) is 69.7 cm³/mol. The van der Waals surface area contributed by atoms with Gasteiger partial charge in [0.15, 0.2) is 0 Å². The molecule has 0 aliphatic carbocycles. The summed E-state index contributed by atoms with van der Waals surface area (Å²) in [5, 5.41) is 11.3. The van der Waals surface area contributed by atoms with Crippen molar-refractivity contribution in [2.75, 3.05) is 0 Å². The van der Waals surface area contributed by atoms with E-state index in [9.17, 15) is 10.1 Å². The number of hydrogen-bond donors (Lipinski definition) is 0. The topological polar surface area (TPSA) is 78.2 Å². The second-order valence-electron chi connectivity index (χ2n) is 3.86. The van der Waals surface area contributed by atoms with Crippen LogP contribution in [0.3, 0.4) is 0 Å². The summed E-state index contributed by atoms with van der Waals surface area (Å²) in [7, 11) is 0. The number of nitro groups is 1. The Hall–Kier alpha value is -2.21. The zero-order chi connectivity index (χ0) is 14.0. The highest BCUT2D eigenvalue weighted by molar-refractivity contribution is 6.29. The third-order valence-electron chi connectivity index (χ3n) is 2.38. The van der Waals surface area contributed by atoms with Crippen molar-refractivity contribution in [1.82, 2.24) is 9.97 Å². The Morgan fingerprint density at radius 2 is 2.05 bits per heavy atom. The summed E-state index contributed by atoms with van der Waals surface area (Å²) in [5.74, 6) is 0.725. The Balaban J connectivity index is 2.43. The van der Waals surface area contributed by atoms with Crippen molar-refractivity contribution >= 4 is 17.3 Å². The van der Waals surface area contributed by atoms with Crippen LogP contribution >= 0.6 is 11.6 Å². The molecule has 19 heavy (non-hydrogen) atoms. The molecule has 0 bridgehead atoms. The van der Waals surface area contributed by atoms with Gasteiger partial charge in [-0.25, -0.2) is 4.98 Å². The summed E-state index contributed by atoms with van der Waals surface area (Å²) in [6, 6.07) is 6.23. The monoisotopic (exact) mass is 279 g/mol. The van der Waals surface area contributed by atoms with E-state index >= 15 is 0 Å². The van der Waals surface area contributed by atoms with Crippen LogP contribution in [0.1, 0.15) is 11.4 Å². The third-order valence-corrected chi connectivity index (χ3v) is 2.57. The number of ether oxygens (including phenoxy) is 1. The average molecular weight is 280 g/mol. The molecule has 1 heterocycles. The van der Waals surface area contributed by atoms with Gasteiger partial charge >= 0.3 is 5.69 Å². The van der Waals surface area contributed by atoms with Crippen LogP contribution in [0, 0.1) is 24.0 Å². The Bertz CT molecular complexity index is 626. The standard InChI is InChI=1S/C12H10ClN3O3/c1-7-4-3-5-9(12(7)16(17)18)19-11-6-10(13)14-8(2)15-11/h3-6H,1-2H3. The molecular weight excluding hydrogens is 270 g/mol. The van der Waals surface area contributed by atoms with E-state index < -0.39 is 4.92 Å².